The minimum atomic E-state index is -4.79. The first-order chi connectivity index (χ1) is 16.8. The maximum Gasteiger partial charge on any atom is 0.451 e. The second-order valence-corrected chi connectivity index (χ2v) is 8.34. The largest absolute Gasteiger partial charge is 0.451 e. The fraction of sp³-hybridized carbons (Fsp3) is 0.261. The van der Waals surface area contributed by atoms with E-state index in [1.165, 1.54) is 31.4 Å². The quantitative estimate of drug-likeness (QED) is 0.149. The van der Waals surface area contributed by atoms with Crippen LogP contribution in [-0.2, 0) is 20.2 Å². The summed E-state index contributed by atoms with van der Waals surface area (Å²) in [6.45, 7) is 1.23. The molecule has 1 fully saturated rings. The summed E-state index contributed by atoms with van der Waals surface area (Å²) in [5, 5.41) is 0. The molecular formula is C23H20F4N4O3S. The SMILES string of the molecule is COOSc1ccc(-c2nc(C(F)(F)F)nc(N3CCN(C=O)CC3)c2-c2ccc(F)cc2)cc1. The molecule has 3 aromatic rings. The fourth-order valence-corrected chi connectivity index (χ4v) is 4.07. The van der Waals surface area contributed by atoms with Crippen LogP contribution in [0.3, 0.4) is 0 Å². The van der Waals surface area contributed by atoms with Gasteiger partial charge in [-0.15, -0.1) is 0 Å². The third-order valence-corrected chi connectivity index (χ3v) is 6.03. The van der Waals surface area contributed by atoms with Crippen LogP contribution in [0.25, 0.3) is 22.4 Å². The Morgan fingerprint density at radius 2 is 1.57 bits per heavy atom. The highest BCUT2D eigenvalue weighted by Gasteiger charge is 2.38. The molecule has 0 radical (unpaired) electrons. The maximum atomic E-state index is 13.9. The first-order valence-electron chi connectivity index (χ1n) is 10.5. The molecule has 7 nitrogen and oxygen atoms in total. The smallest absolute Gasteiger partial charge is 0.352 e. The Bertz CT molecular complexity index is 1170. The van der Waals surface area contributed by atoms with Crippen LogP contribution in [0.5, 0.6) is 0 Å². The van der Waals surface area contributed by atoms with Gasteiger partial charge in [-0.05, 0) is 29.8 Å². The minimum Gasteiger partial charge on any atom is -0.352 e. The summed E-state index contributed by atoms with van der Waals surface area (Å²) in [6.07, 6.45) is -4.09. The number of piperazine rings is 1. The Morgan fingerprint density at radius 3 is 2.14 bits per heavy atom. The lowest BCUT2D eigenvalue weighted by Crippen LogP contribution is -2.46. The van der Waals surface area contributed by atoms with Crippen molar-refractivity contribution in [2.45, 2.75) is 11.1 Å². The van der Waals surface area contributed by atoms with Crippen molar-refractivity contribution in [1.29, 1.82) is 0 Å². The molecule has 1 aliphatic heterocycles. The number of hydrogen-bond donors (Lipinski definition) is 0. The Labute approximate surface area is 202 Å². The van der Waals surface area contributed by atoms with Crippen molar-refractivity contribution in [3.8, 4) is 22.4 Å². The molecule has 1 amide bonds. The lowest BCUT2D eigenvalue weighted by molar-refractivity contribution is -0.160. The fourth-order valence-electron chi connectivity index (χ4n) is 3.68. The molecule has 2 heterocycles. The standard InChI is InChI=1S/C23H20F4N4O3S/c1-33-34-35-18-8-4-16(5-9-18)20-19(15-2-6-17(24)7-3-15)21(29-22(28-20)23(25,26)27)31-12-10-30(14-32)11-13-31/h2-9,14H,10-13H2,1H3. The average molecular weight is 508 g/mol. The van der Waals surface area contributed by atoms with E-state index in [4.69, 9.17) is 4.33 Å². The van der Waals surface area contributed by atoms with Crippen LogP contribution in [-0.4, -0.2) is 54.6 Å². The predicted octanol–water partition coefficient (Wildman–Crippen LogP) is 4.83. The Kier molecular flexibility index (Phi) is 7.53. The van der Waals surface area contributed by atoms with Crippen molar-refractivity contribution in [2.75, 3.05) is 38.2 Å². The first-order valence-corrected chi connectivity index (χ1v) is 11.2. The summed E-state index contributed by atoms with van der Waals surface area (Å²) < 4.78 is 60.1. The summed E-state index contributed by atoms with van der Waals surface area (Å²) in [7, 11) is 1.35. The van der Waals surface area contributed by atoms with Crippen LogP contribution in [0.15, 0.2) is 53.4 Å². The Morgan fingerprint density at radius 1 is 0.943 bits per heavy atom. The highest BCUT2D eigenvalue weighted by molar-refractivity contribution is 7.94. The number of amides is 1. The van der Waals surface area contributed by atoms with Gasteiger partial charge in [-0.2, -0.15) is 17.5 Å². The van der Waals surface area contributed by atoms with Crippen LogP contribution in [0, 0.1) is 5.82 Å². The number of benzene rings is 2. The van der Waals surface area contributed by atoms with Crippen molar-refractivity contribution in [1.82, 2.24) is 14.9 Å². The van der Waals surface area contributed by atoms with Gasteiger partial charge in [0.15, 0.2) is 0 Å². The van der Waals surface area contributed by atoms with E-state index in [1.54, 1.807) is 34.1 Å². The molecule has 1 saturated heterocycles. The van der Waals surface area contributed by atoms with Crippen molar-refractivity contribution >= 4 is 24.3 Å². The van der Waals surface area contributed by atoms with Gasteiger partial charge in [0.2, 0.25) is 12.2 Å². The molecule has 2 aromatic carbocycles. The number of nitrogens with zero attached hydrogens (tertiary/aromatic N) is 4. The van der Waals surface area contributed by atoms with Gasteiger partial charge in [0.25, 0.3) is 0 Å². The highest BCUT2D eigenvalue weighted by Crippen LogP contribution is 2.41. The monoisotopic (exact) mass is 508 g/mol. The lowest BCUT2D eigenvalue weighted by atomic mass is 9.98. The molecule has 12 heteroatoms. The van der Waals surface area contributed by atoms with Crippen molar-refractivity contribution in [3.63, 3.8) is 0 Å². The topological polar surface area (TPSA) is 67.8 Å². The molecule has 0 N–H and O–H groups in total. The average Bonchev–Trinajstić information content (AvgIpc) is 2.87. The normalized spacial score (nSPS) is 14.3. The van der Waals surface area contributed by atoms with Gasteiger partial charge in [-0.25, -0.2) is 19.2 Å². The Balaban J connectivity index is 1.90. The van der Waals surface area contributed by atoms with E-state index in [9.17, 15) is 22.4 Å². The summed E-state index contributed by atoms with van der Waals surface area (Å²) >= 11 is 0.944. The molecule has 0 spiro atoms. The van der Waals surface area contributed by atoms with Gasteiger partial charge in [-0.1, -0.05) is 24.3 Å². The second kappa shape index (κ2) is 10.6. The molecule has 184 valence electrons. The van der Waals surface area contributed by atoms with Gasteiger partial charge >= 0.3 is 6.18 Å². The molecular weight excluding hydrogens is 488 g/mol. The number of carbonyl (C=O) groups is 1. The molecule has 0 atom stereocenters. The third-order valence-electron chi connectivity index (χ3n) is 5.37. The van der Waals surface area contributed by atoms with Crippen LogP contribution in [0.2, 0.25) is 0 Å². The van der Waals surface area contributed by atoms with Gasteiger partial charge in [0, 0.05) is 36.6 Å². The number of carbonyl (C=O) groups excluding carboxylic acids is 1. The lowest BCUT2D eigenvalue weighted by Gasteiger charge is -2.35. The number of aromatic nitrogens is 2. The maximum absolute atomic E-state index is 13.9. The van der Waals surface area contributed by atoms with Gasteiger partial charge in [0.05, 0.1) is 30.4 Å². The van der Waals surface area contributed by atoms with E-state index in [-0.39, 0.29) is 24.6 Å². The molecule has 35 heavy (non-hydrogen) atoms. The summed E-state index contributed by atoms with van der Waals surface area (Å²) in [4.78, 5) is 27.4. The van der Waals surface area contributed by atoms with E-state index >= 15 is 0 Å². The van der Waals surface area contributed by atoms with Crippen LogP contribution in [0.1, 0.15) is 5.82 Å². The molecule has 1 aliphatic rings. The van der Waals surface area contributed by atoms with Gasteiger partial charge in [0.1, 0.15) is 11.6 Å². The third kappa shape index (κ3) is 5.72. The molecule has 1 aromatic heterocycles. The van der Waals surface area contributed by atoms with Gasteiger partial charge < -0.3 is 9.80 Å². The molecule has 4 rings (SSSR count). The van der Waals surface area contributed by atoms with E-state index in [2.05, 4.69) is 14.9 Å². The summed E-state index contributed by atoms with van der Waals surface area (Å²) in [6, 6.07) is 12.0. The number of hydrogen-bond acceptors (Lipinski definition) is 7. The number of anilines is 1. The summed E-state index contributed by atoms with van der Waals surface area (Å²) in [5.74, 6) is -1.70. The predicted molar refractivity (Wildman–Crippen MR) is 122 cm³/mol. The zero-order chi connectivity index (χ0) is 25.0. The number of halogens is 4. The van der Waals surface area contributed by atoms with Crippen LogP contribution < -0.4 is 4.90 Å². The van der Waals surface area contributed by atoms with Gasteiger partial charge in [-0.3, -0.25) is 4.79 Å². The zero-order valence-corrected chi connectivity index (χ0v) is 19.3. The molecule has 0 unspecified atom stereocenters. The Hall–Kier alpha value is -3.22. The molecule has 0 bridgehead atoms. The molecule has 0 aliphatic carbocycles. The van der Waals surface area contributed by atoms with Crippen LogP contribution >= 0.6 is 12.0 Å². The summed E-state index contributed by atoms with van der Waals surface area (Å²) in [5.41, 5.74) is 1.26. The zero-order valence-electron chi connectivity index (χ0n) is 18.5. The van der Waals surface area contributed by atoms with Crippen molar-refractivity contribution < 1.29 is 31.6 Å². The first kappa shape index (κ1) is 24.9. The van der Waals surface area contributed by atoms with Crippen molar-refractivity contribution in [2.24, 2.45) is 0 Å². The van der Waals surface area contributed by atoms with E-state index in [0.717, 1.165) is 12.0 Å². The highest BCUT2D eigenvalue weighted by atomic mass is 32.2. The number of alkyl halides is 3. The van der Waals surface area contributed by atoms with Crippen LogP contribution in [0.4, 0.5) is 23.4 Å². The van der Waals surface area contributed by atoms with E-state index in [0.29, 0.717) is 41.1 Å². The minimum absolute atomic E-state index is 0.0518. The molecule has 0 saturated carbocycles. The van der Waals surface area contributed by atoms with E-state index in [1.807, 2.05) is 0 Å². The number of rotatable bonds is 7. The second-order valence-electron chi connectivity index (χ2n) is 7.57. The van der Waals surface area contributed by atoms with Crippen molar-refractivity contribution in [3.05, 3.63) is 60.2 Å². The van der Waals surface area contributed by atoms with E-state index < -0.39 is 17.8 Å².